The third kappa shape index (κ3) is 5.06. The topological polar surface area (TPSA) is 71.7 Å². The zero-order valence-corrected chi connectivity index (χ0v) is 19.0. The molecule has 9 heteroatoms. The van der Waals surface area contributed by atoms with Gasteiger partial charge < -0.3 is 20.3 Å². The van der Waals surface area contributed by atoms with Gasteiger partial charge in [0, 0.05) is 36.1 Å². The van der Waals surface area contributed by atoms with Crippen LogP contribution in [0.3, 0.4) is 0 Å². The number of hydrogen-bond donors (Lipinski definition) is 1. The summed E-state index contributed by atoms with van der Waals surface area (Å²) in [5, 5.41) is 1.49. The molecule has 1 aliphatic rings. The van der Waals surface area contributed by atoms with E-state index in [-0.39, 0.29) is 0 Å². The SMILES string of the molecule is C=C(CSC)N(Cc1cccc(Cl)c1C)c1nc(N2CCOCC2)sc1C(N)=O. The van der Waals surface area contributed by atoms with Crippen LogP contribution in [0.1, 0.15) is 20.8 Å². The number of benzene rings is 1. The maximum Gasteiger partial charge on any atom is 0.262 e. The van der Waals surface area contributed by atoms with Gasteiger partial charge in [-0.1, -0.05) is 41.6 Å². The predicted molar refractivity (Wildman–Crippen MR) is 124 cm³/mol. The highest BCUT2D eigenvalue weighted by Crippen LogP contribution is 2.35. The Hall–Kier alpha value is -1.74. The van der Waals surface area contributed by atoms with Gasteiger partial charge in [-0.15, -0.1) is 0 Å². The summed E-state index contributed by atoms with van der Waals surface area (Å²) in [5.74, 6) is 0.784. The minimum absolute atomic E-state index is 0.438. The lowest BCUT2D eigenvalue weighted by Crippen LogP contribution is -2.36. The van der Waals surface area contributed by atoms with Crippen LogP contribution < -0.4 is 15.5 Å². The highest BCUT2D eigenvalue weighted by molar-refractivity contribution is 7.98. The molecule has 1 aromatic carbocycles. The summed E-state index contributed by atoms with van der Waals surface area (Å²) >= 11 is 9.31. The van der Waals surface area contributed by atoms with Gasteiger partial charge in [0.05, 0.1) is 13.2 Å². The van der Waals surface area contributed by atoms with Crippen molar-refractivity contribution in [1.29, 1.82) is 0 Å². The van der Waals surface area contributed by atoms with Crippen LogP contribution in [-0.2, 0) is 11.3 Å². The van der Waals surface area contributed by atoms with E-state index in [0.717, 1.165) is 35.0 Å². The number of carbonyl (C=O) groups excluding carboxylic acids is 1. The van der Waals surface area contributed by atoms with E-state index in [1.54, 1.807) is 11.8 Å². The van der Waals surface area contributed by atoms with E-state index in [0.29, 0.717) is 41.2 Å². The first-order valence-corrected chi connectivity index (χ1v) is 11.8. The van der Waals surface area contributed by atoms with E-state index >= 15 is 0 Å². The van der Waals surface area contributed by atoms with Crippen molar-refractivity contribution in [2.45, 2.75) is 13.5 Å². The molecule has 0 saturated carbocycles. The Bertz CT molecular complexity index is 897. The molecule has 1 amide bonds. The van der Waals surface area contributed by atoms with Crippen LogP contribution in [0.5, 0.6) is 0 Å². The number of thiazole rings is 1. The summed E-state index contributed by atoms with van der Waals surface area (Å²) < 4.78 is 5.43. The first-order chi connectivity index (χ1) is 13.9. The number of nitrogens with two attached hydrogens (primary N) is 1. The molecule has 2 N–H and O–H groups in total. The van der Waals surface area contributed by atoms with Gasteiger partial charge in [0.15, 0.2) is 10.9 Å². The van der Waals surface area contributed by atoms with Crippen LogP contribution in [0.15, 0.2) is 30.5 Å². The fraction of sp³-hybridized carbons (Fsp3) is 0.400. The number of aromatic nitrogens is 1. The fourth-order valence-corrected chi connectivity index (χ4v) is 4.77. The Morgan fingerprint density at radius 3 is 2.83 bits per heavy atom. The average molecular weight is 453 g/mol. The van der Waals surface area contributed by atoms with E-state index in [1.165, 1.54) is 11.3 Å². The van der Waals surface area contributed by atoms with Gasteiger partial charge in [0.2, 0.25) is 0 Å². The Morgan fingerprint density at radius 1 is 1.45 bits per heavy atom. The minimum Gasteiger partial charge on any atom is -0.378 e. The minimum atomic E-state index is -0.484. The predicted octanol–water partition coefficient (Wildman–Crippen LogP) is 3.92. The summed E-state index contributed by atoms with van der Waals surface area (Å²) in [6.07, 6.45) is 2.02. The van der Waals surface area contributed by atoms with Gasteiger partial charge in [-0.05, 0) is 30.4 Å². The largest absolute Gasteiger partial charge is 0.378 e. The molecule has 6 nitrogen and oxygen atoms in total. The molecule has 0 bridgehead atoms. The van der Waals surface area contributed by atoms with E-state index in [9.17, 15) is 4.79 Å². The highest BCUT2D eigenvalue weighted by Gasteiger charge is 2.26. The molecule has 156 valence electrons. The first kappa shape index (κ1) is 22.0. The maximum atomic E-state index is 12.2. The first-order valence-electron chi connectivity index (χ1n) is 9.24. The maximum absolute atomic E-state index is 12.2. The molecule has 2 aromatic rings. The van der Waals surface area contributed by atoms with Crippen molar-refractivity contribution < 1.29 is 9.53 Å². The number of ether oxygens (including phenoxy) is 1. The average Bonchev–Trinajstić information content (AvgIpc) is 3.15. The number of thioether (sulfide) groups is 1. The summed E-state index contributed by atoms with van der Waals surface area (Å²) in [7, 11) is 0. The normalized spacial score (nSPS) is 14.1. The molecule has 0 atom stereocenters. The monoisotopic (exact) mass is 452 g/mol. The van der Waals surface area contributed by atoms with Crippen molar-refractivity contribution in [2.75, 3.05) is 48.1 Å². The molecule has 1 saturated heterocycles. The number of rotatable bonds is 8. The molecular weight excluding hydrogens is 428 g/mol. The highest BCUT2D eigenvalue weighted by atomic mass is 35.5. The number of morpholine rings is 1. The molecule has 1 aliphatic heterocycles. The van der Waals surface area contributed by atoms with Crippen LogP contribution in [0.4, 0.5) is 10.9 Å². The second-order valence-corrected chi connectivity index (χ2v) is 8.97. The third-order valence-corrected chi connectivity index (χ3v) is 6.91. The zero-order chi connectivity index (χ0) is 21.0. The van der Waals surface area contributed by atoms with Crippen LogP contribution in [0.2, 0.25) is 5.02 Å². The lowest BCUT2D eigenvalue weighted by Gasteiger charge is -2.27. The number of amides is 1. The fourth-order valence-electron chi connectivity index (χ4n) is 3.11. The van der Waals surface area contributed by atoms with Crippen molar-refractivity contribution in [3.8, 4) is 0 Å². The van der Waals surface area contributed by atoms with Gasteiger partial charge in [-0.3, -0.25) is 4.79 Å². The standard InChI is InChI=1S/C20H25ClN4O2S2/c1-13(12-28-3)25(11-15-5-4-6-16(21)14(15)2)19-17(18(22)26)29-20(23-19)24-7-9-27-10-8-24/h4-6H,1,7-12H2,2-3H3,(H2,22,26). The Balaban J connectivity index is 2.02. The van der Waals surface area contributed by atoms with Crippen molar-refractivity contribution in [3.63, 3.8) is 0 Å². The molecule has 1 fully saturated rings. The molecule has 1 aromatic heterocycles. The van der Waals surface area contributed by atoms with Gasteiger partial charge in [-0.25, -0.2) is 4.98 Å². The van der Waals surface area contributed by atoms with Gasteiger partial charge in [-0.2, -0.15) is 11.8 Å². The van der Waals surface area contributed by atoms with E-state index < -0.39 is 5.91 Å². The number of hydrogen-bond acceptors (Lipinski definition) is 7. The molecule has 0 spiro atoms. The van der Waals surface area contributed by atoms with Crippen LogP contribution in [0.25, 0.3) is 0 Å². The van der Waals surface area contributed by atoms with E-state index in [4.69, 9.17) is 27.1 Å². The number of halogens is 1. The lowest BCUT2D eigenvalue weighted by atomic mass is 10.1. The van der Waals surface area contributed by atoms with Crippen molar-refractivity contribution >= 4 is 51.6 Å². The lowest BCUT2D eigenvalue weighted by molar-refractivity contribution is 0.100. The number of carbonyl (C=O) groups is 1. The second kappa shape index (κ2) is 9.84. The quantitative estimate of drug-likeness (QED) is 0.654. The van der Waals surface area contributed by atoms with Crippen LogP contribution >= 0.6 is 34.7 Å². The summed E-state index contributed by atoms with van der Waals surface area (Å²) in [5.41, 5.74) is 8.63. The molecule has 0 aliphatic carbocycles. The van der Waals surface area contributed by atoms with Crippen LogP contribution in [0, 0.1) is 6.92 Å². The van der Waals surface area contributed by atoms with E-state index in [1.807, 2.05) is 36.3 Å². The number of anilines is 2. The summed E-state index contributed by atoms with van der Waals surface area (Å²) in [4.78, 5) is 21.6. The Kier molecular flexibility index (Phi) is 7.45. The number of nitrogens with zero attached hydrogens (tertiary/aromatic N) is 3. The Morgan fingerprint density at radius 2 is 2.17 bits per heavy atom. The van der Waals surface area contributed by atoms with Crippen molar-refractivity contribution in [3.05, 3.63) is 51.5 Å². The molecular formula is C20H25ClN4O2S2. The second-order valence-electron chi connectivity index (χ2n) is 6.72. The third-order valence-electron chi connectivity index (χ3n) is 4.76. The molecule has 0 radical (unpaired) electrons. The summed E-state index contributed by atoms with van der Waals surface area (Å²) in [6.45, 7) is 9.51. The van der Waals surface area contributed by atoms with Crippen LogP contribution in [-0.4, -0.2) is 49.2 Å². The van der Waals surface area contributed by atoms with Gasteiger partial charge in [0.25, 0.3) is 5.91 Å². The molecule has 0 unspecified atom stereocenters. The molecule has 3 rings (SSSR count). The van der Waals surface area contributed by atoms with Crippen molar-refractivity contribution in [2.24, 2.45) is 5.73 Å². The molecule has 29 heavy (non-hydrogen) atoms. The Labute approximate surface area is 184 Å². The van der Waals surface area contributed by atoms with E-state index in [2.05, 4.69) is 11.5 Å². The van der Waals surface area contributed by atoms with Crippen molar-refractivity contribution in [1.82, 2.24) is 4.98 Å². The number of primary amides is 1. The smallest absolute Gasteiger partial charge is 0.262 e. The van der Waals surface area contributed by atoms with Gasteiger partial charge >= 0.3 is 0 Å². The summed E-state index contributed by atoms with van der Waals surface area (Å²) in [6, 6.07) is 5.82. The molecule has 2 heterocycles. The zero-order valence-electron chi connectivity index (χ0n) is 16.6. The van der Waals surface area contributed by atoms with Gasteiger partial charge in [0.1, 0.15) is 4.88 Å².